The Labute approximate surface area is 281 Å². The summed E-state index contributed by atoms with van der Waals surface area (Å²) < 4.78 is 0. The van der Waals surface area contributed by atoms with Gasteiger partial charge in [0.25, 0.3) is 0 Å². The summed E-state index contributed by atoms with van der Waals surface area (Å²) in [6.45, 7) is 4.40. The minimum Gasteiger partial charge on any atom is -0.310 e. The number of rotatable bonds is 3. The fourth-order valence-corrected chi connectivity index (χ4v) is 9.02. The predicted octanol–water partition coefficient (Wildman–Crippen LogP) is 12.4. The molecular weight excluding hydrogens is 579 g/mol. The van der Waals surface area contributed by atoms with E-state index in [0.717, 1.165) is 5.69 Å². The first-order chi connectivity index (χ1) is 23.6. The highest BCUT2D eigenvalue weighted by Gasteiger charge is 2.53. The van der Waals surface area contributed by atoms with Crippen LogP contribution < -0.4 is 4.90 Å². The summed E-state index contributed by atoms with van der Waals surface area (Å²) in [7, 11) is 0. The molecule has 0 N–H and O–H groups in total. The van der Waals surface area contributed by atoms with Crippen molar-refractivity contribution in [1.29, 1.82) is 0 Å². The second-order valence-corrected chi connectivity index (χ2v) is 13.4. The van der Waals surface area contributed by atoms with Crippen LogP contribution in [0, 0.1) is 13.8 Å². The van der Waals surface area contributed by atoms with Crippen LogP contribution in [0.1, 0.15) is 33.4 Å². The molecule has 0 aromatic heterocycles. The normalized spacial score (nSPS) is 13.4. The van der Waals surface area contributed by atoms with Crippen LogP contribution in [-0.2, 0) is 5.41 Å². The molecule has 2 aliphatic rings. The topological polar surface area (TPSA) is 3.24 Å². The van der Waals surface area contributed by atoms with E-state index in [1.807, 2.05) is 0 Å². The van der Waals surface area contributed by atoms with Gasteiger partial charge in [-0.3, -0.25) is 0 Å². The number of nitrogens with zero attached hydrogens (tertiary/aromatic N) is 1. The monoisotopic (exact) mass is 611 g/mol. The average Bonchev–Trinajstić information content (AvgIpc) is 3.59. The van der Waals surface area contributed by atoms with E-state index in [-0.39, 0.29) is 0 Å². The van der Waals surface area contributed by atoms with Gasteiger partial charge in [0.1, 0.15) is 0 Å². The van der Waals surface area contributed by atoms with Crippen LogP contribution in [0.2, 0.25) is 0 Å². The fraction of sp³-hybridized carbons (Fsp3) is 0.0638. The highest BCUT2D eigenvalue weighted by atomic mass is 15.1. The zero-order valence-electron chi connectivity index (χ0n) is 27.0. The van der Waals surface area contributed by atoms with Gasteiger partial charge in [-0.2, -0.15) is 0 Å². The number of hydrogen-bond donors (Lipinski definition) is 0. The van der Waals surface area contributed by atoms with E-state index in [9.17, 15) is 0 Å². The molecule has 0 heterocycles. The van der Waals surface area contributed by atoms with Crippen LogP contribution in [0.25, 0.3) is 43.8 Å². The van der Waals surface area contributed by atoms with E-state index in [0.29, 0.717) is 0 Å². The van der Waals surface area contributed by atoms with Crippen molar-refractivity contribution in [2.45, 2.75) is 19.3 Å². The Morgan fingerprint density at radius 3 is 1.71 bits per heavy atom. The number of para-hydroxylation sites is 1. The largest absolute Gasteiger partial charge is 0.310 e. The molecule has 1 nitrogen and oxygen atoms in total. The van der Waals surface area contributed by atoms with Crippen LogP contribution in [0.15, 0.2) is 164 Å². The molecule has 0 aliphatic heterocycles. The lowest BCUT2D eigenvalue weighted by Crippen LogP contribution is -2.26. The zero-order chi connectivity index (χ0) is 32.0. The Kier molecular flexibility index (Phi) is 5.69. The van der Waals surface area contributed by atoms with E-state index in [1.54, 1.807) is 0 Å². The second-order valence-electron chi connectivity index (χ2n) is 13.4. The Morgan fingerprint density at radius 2 is 1.00 bits per heavy atom. The van der Waals surface area contributed by atoms with Gasteiger partial charge in [-0.1, -0.05) is 133 Å². The van der Waals surface area contributed by atoms with Gasteiger partial charge in [-0.05, 0) is 116 Å². The minimum absolute atomic E-state index is 0.470. The Bertz CT molecular complexity index is 2530. The first kappa shape index (κ1) is 27.2. The van der Waals surface area contributed by atoms with Crippen molar-refractivity contribution in [2.24, 2.45) is 0 Å². The first-order valence-corrected chi connectivity index (χ1v) is 16.9. The number of hydrogen-bond acceptors (Lipinski definition) is 1. The average molecular weight is 612 g/mol. The molecule has 8 aromatic rings. The summed E-state index contributed by atoms with van der Waals surface area (Å²) in [5, 5.41) is 5.12. The molecule has 10 rings (SSSR count). The van der Waals surface area contributed by atoms with Crippen LogP contribution in [0.4, 0.5) is 17.1 Å². The smallest absolute Gasteiger partial charge is 0.0732 e. The summed E-state index contributed by atoms with van der Waals surface area (Å²) >= 11 is 0. The molecule has 0 unspecified atom stereocenters. The summed E-state index contributed by atoms with van der Waals surface area (Å²) in [4.78, 5) is 2.48. The summed E-state index contributed by atoms with van der Waals surface area (Å²) in [5.41, 5.74) is 16.3. The van der Waals surface area contributed by atoms with Crippen LogP contribution in [0.3, 0.4) is 0 Å². The lowest BCUT2D eigenvalue weighted by molar-refractivity contribution is 0.802. The van der Waals surface area contributed by atoms with Crippen LogP contribution in [0.5, 0.6) is 0 Å². The van der Waals surface area contributed by atoms with Gasteiger partial charge in [0.15, 0.2) is 0 Å². The van der Waals surface area contributed by atoms with Crippen molar-refractivity contribution in [3.8, 4) is 22.3 Å². The summed E-state index contributed by atoms with van der Waals surface area (Å²) in [5.74, 6) is 0. The third-order valence-electron chi connectivity index (χ3n) is 10.7. The van der Waals surface area contributed by atoms with E-state index in [2.05, 4.69) is 183 Å². The molecular formula is C47H33N. The number of fused-ring (bicyclic) bond motifs is 14. The molecule has 1 heteroatoms. The van der Waals surface area contributed by atoms with Crippen molar-refractivity contribution in [3.63, 3.8) is 0 Å². The zero-order valence-corrected chi connectivity index (χ0v) is 27.0. The van der Waals surface area contributed by atoms with Gasteiger partial charge in [-0.15, -0.1) is 0 Å². The van der Waals surface area contributed by atoms with E-state index >= 15 is 0 Å². The molecule has 0 saturated carbocycles. The fourth-order valence-electron chi connectivity index (χ4n) is 9.02. The molecule has 0 fully saturated rings. The van der Waals surface area contributed by atoms with Crippen molar-refractivity contribution in [1.82, 2.24) is 0 Å². The summed E-state index contributed by atoms with van der Waals surface area (Å²) in [6, 6.07) is 61.2. The highest BCUT2D eigenvalue weighted by molar-refractivity contribution is 6.14. The van der Waals surface area contributed by atoms with E-state index < -0.39 is 5.41 Å². The molecule has 0 atom stereocenters. The van der Waals surface area contributed by atoms with Gasteiger partial charge in [0, 0.05) is 16.8 Å². The lowest BCUT2D eigenvalue weighted by atomic mass is 9.69. The molecule has 226 valence electrons. The maximum atomic E-state index is 2.54. The number of aryl methyl sites for hydroxylation is 2. The molecule has 1 spiro atoms. The Morgan fingerprint density at radius 1 is 0.417 bits per heavy atom. The van der Waals surface area contributed by atoms with Crippen molar-refractivity contribution < 1.29 is 0 Å². The van der Waals surface area contributed by atoms with Crippen LogP contribution in [-0.4, -0.2) is 0 Å². The number of benzene rings is 8. The number of anilines is 3. The van der Waals surface area contributed by atoms with Crippen molar-refractivity contribution >= 4 is 38.6 Å². The van der Waals surface area contributed by atoms with Gasteiger partial charge in [-0.25, -0.2) is 0 Å². The molecule has 0 amide bonds. The van der Waals surface area contributed by atoms with Gasteiger partial charge < -0.3 is 4.90 Å². The Balaban J connectivity index is 1.42. The third kappa shape index (κ3) is 3.56. The predicted molar refractivity (Wildman–Crippen MR) is 202 cm³/mol. The summed E-state index contributed by atoms with van der Waals surface area (Å²) in [6.07, 6.45) is 0. The third-order valence-corrected chi connectivity index (χ3v) is 10.7. The SMILES string of the molecule is Cc1cc(C)cc(N(c2ccccc2)c2cc3c(c4ccccc24)-c2ccc4ccccc4c2C32c3ccccc3-c3ccccc32)c1. The van der Waals surface area contributed by atoms with Crippen molar-refractivity contribution in [2.75, 3.05) is 4.90 Å². The van der Waals surface area contributed by atoms with Gasteiger partial charge in [0.2, 0.25) is 0 Å². The molecule has 0 bridgehead atoms. The molecule has 48 heavy (non-hydrogen) atoms. The van der Waals surface area contributed by atoms with Crippen LogP contribution >= 0.6 is 0 Å². The molecule has 0 radical (unpaired) electrons. The van der Waals surface area contributed by atoms with Gasteiger partial charge >= 0.3 is 0 Å². The molecule has 0 saturated heterocycles. The quantitative estimate of drug-likeness (QED) is 0.192. The Hall–Kier alpha value is -5.92. The maximum Gasteiger partial charge on any atom is 0.0732 e. The first-order valence-electron chi connectivity index (χ1n) is 16.9. The molecule has 8 aromatic carbocycles. The highest BCUT2D eigenvalue weighted by Crippen LogP contribution is 2.66. The minimum atomic E-state index is -0.470. The standard InChI is InChI=1S/C47H33N/c1-30-26-31(2)28-34(27-30)48(33-15-4-3-5-16-33)44-29-43-45(39-21-9-8-20-38(39)44)40-25-24-32-14-6-7-17-35(32)46(40)47(43)41-22-12-10-18-36(41)37-19-11-13-23-42(37)47/h3-29H,1-2H3. The molecule has 2 aliphatic carbocycles. The lowest BCUT2D eigenvalue weighted by Gasteiger charge is -2.33. The van der Waals surface area contributed by atoms with Gasteiger partial charge in [0.05, 0.1) is 11.1 Å². The van der Waals surface area contributed by atoms with E-state index in [4.69, 9.17) is 0 Å². The van der Waals surface area contributed by atoms with Crippen molar-refractivity contribution in [3.05, 3.63) is 197 Å². The second kappa shape index (κ2) is 10.0. The van der Waals surface area contributed by atoms with E-state index in [1.165, 1.54) is 88.6 Å². The maximum absolute atomic E-state index is 2.54.